The fourth-order valence-electron chi connectivity index (χ4n) is 3.19. The zero-order valence-corrected chi connectivity index (χ0v) is 17.6. The Morgan fingerprint density at radius 2 is 1.64 bits per heavy atom. The van der Waals surface area contributed by atoms with Crippen LogP contribution in [0.25, 0.3) is 0 Å². The number of carbonyl (C=O) groups excluding carboxylic acids is 1. The average molecular weight is 399 g/mol. The minimum absolute atomic E-state index is 0.102. The predicted molar refractivity (Wildman–Crippen MR) is 102 cm³/mol. The van der Waals surface area contributed by atoms with Gasteiger partial charge in [0.15, 0.2) is 6.29 Å². The van der Waals surface area contributed by atoms with Crippen LogP contribution in [0.15, 0.2) is 12.1 Å². The second-order valence-electron chi connectivity index (χ2n) is 8.07. The van der Waals surface area contributed by atoms with E-state index in [4.69, 9.17) is 14.2 Å². The Morgan fingerprint density at radius 1 is 1.14 bits per heavy atom. The number of benzene rings is 1. The van der Waals surface area contributed by atoms with Crippen molar-refractivity contribution in [3.63, 3.8) is 0 Å². The molecule has 7 heteroatoms. The maximum absolute atomic E-state index is 14.7. The lowest BCUT2D eigenvalue weighted by Gasteiger charge is -2.42. The molecule has 1 aromatic carbocycles. The average Bonchev–Trinajstić information content (AvgIpc) is 2.51. The number of likely N-dealkylation sites (tertiary alicyclic amines) is 1. The topological polar surface area (TPSA) is 48.0 Å². The summed E-state index contributed by atoms with van der Waals surface area (Å²) >= 11 is 0. The largest absolute Gasteiger partial charge is 0.444 e. The van der Waals surface area contributed by atoms with Crippen LogP contribution in [0, 0.1) is 17.6 Å². The van der Waals surface area contributed by atoms with Crippen LogP contribution in [0.2, 0.25) is 0 Å². The van der Waals surface area contributed by atoms with Gasteiger partial charge in [0, 0.05) is 32.2 Å². The Balaban J connectivity index is 2.07. The molecular weight excluding hydrogens is 368 g/mol. The molecule has 1 aliphatic rings. The minimum Gasteiger partial charge on any atom is -0.444 e. The molecule has 1 unspecified atom stereocenters. The fraction of sp³-hybridized carbons (Fsp3) is 0.667. The Bertz CT molecular complexity index is 654. The Labute approximate surface area is 165 Å². The van der Waals surface area contributed by atoms with Crippen molar-refractivity contribution in [3.8, 4) is 0 Å². The van der Waals surface area contributed by atoms with Crippen LogP contribution in [0.5, 0.6) is 0 Å². The van der Waals surface area contributed by atoms with Gasteiger partial charge in [0.2, 0.25) is 0 Å². The van der Waals surface area contributed by atoms with Gasteiger partial charge >= 0.3 is 6.09 Å². The third-order valence-electron chi connectivity index (χ3n) is 4.77. The van der Waals surface area contributed by atoms with Gasteiger partial charge in [0.05, 0.1) is 5.56 Å². The van der Waals surface area contributed by atoms with E-state index < -0.39 is 23.5 Å². The second-order valence-corrected chi connectivity index (χ2v) is 8.07. The normalized spacial score (nSPS) is 16.2. The van der Waals surface area contributed by atoms with Crippen LogP contribution in [0.3, 0.4) is 0 Å². The molecule has 1 heterocycles. The van der Waals surface area contributed by atoms with Gasteiger partial charge in [-0.2, -0.15) is 0 Å². The highest BCUT2D eigenvalue weighted by atomic mass is 19.1. The molecule has 1 aliphatic heterocycles. The van der Waals surface area contributed by atoms with Gasteiger partial charge in [-0.1, -0.05) is 6.92 Å². The lowest BCUT2D eigenvalue weighted by molar-refractivity contribution is -0.143. The van der Waals surface area contributed by atoms with Crippen molar-refractivity contribution < 1.29 is 27.8 Å². The summed E-state index contributed by atoms with van der Waals surface area (Å²) in [4.78, 5) is 13.7. The van der Waals surface area contributed by atoms with Gasteiger partial charge < -0.3 is 19.1 Å². The highest BCUT2D eigenvalue weighted by Gasteiger charge is 2.37. The van der Waals surface area contributed by atoms with E-state index in [2.05, 4.69) is 0 Å². The molecule has 1 saturated heterocycles. The summed E-state index contributed by atoms with van der Waals surface area (Å²) in [6.07, 6.45) is -1.43. The molecule has 0 aromatic heterocycles. The summed E-state index contributed by atoms with van der Waals surface area (Å²) in [6.45, 7) is 12.4. The number of rotatable bonds is 7. The molecule has 0 spiro atoms. The summed E-state index contributed by atoms with van der Waals surface area (Å²) in [5, 5.41) is 0. The molecule has 0 bridgehead atoms. The number of carbonyl (C=O) groups is 1. The summed E-state index contributed by atoms with van der Waals surface area (Å²) in [5.74, 6) is -1.35. The van der Waals surface area contributed by atoms with Gasteiger partial charge in [-0.25, -0.2) is 13.6 Å². The van der Waals surface area contributed by atoms with E-state index >= 15 is 0 Å². The first-order valence-corrected chi connectivity index (χ1v) is 9.77. The number of hydrogen-bond acceptors (Lipinski definition) is 4. The standard InChI is InChI=1S/C21H31F2NO4/c1-7-26-19(27-8-2)18-16(22)9-14(10-17(18)23)13(3)15-11-24(12-15)20(25)28-21(4,5)6/h9-10,13,15,19H,7-8,11-12H2,1-6H3. The van der Waals surface area contributed by atoms with Crippen molar-refractivity contribution in [2.45, 2.75) is 59.4 Å². The molecule has 28 heavy (non-hydrogen) atoms. The monoisotopic (exact) mass is 399 g/mol. The van der Waals surface area contributed by atoms with E-state index in [9.17, 15) is 13.6 Å². The summed E-state index contributed by atoms with van der Waals surface area (Å²) in [6, 6.07) is 2.68. The van der Waals surface area contributed by atoms with E-state index in [-0.39, 0.29) is 36.7 Å². The molecule has 0 N–H and O–H groups in total. The molecule has 2 rings (SSSR count). The first-order chi connectivity index (χ1) is 13.1. The van der Waals surface area contributed by atoms with Gasteiger partial charge in [-0.05, 0) is 58.2 Å². The Kier molecular flexibility index (Phi) is 7.39. The fourth-order valence-corrected chi connectivity index (χ4v) is 3.19. The summed E-state index contributed by atoms with van der Waals surface area (Å²) < 4.78 is 45.3. The first kappa shape index (κ1) is 22.6. The van der Waals surface area contributed by atoms with Crippen LogP contribution in [0.1, 0.15) is 64.9 Å². The van der Waals surface area contributed by atoms with Crippen LogP contribution in [-0.2, 0) is 14.2 Å². The van der Waals surface area contributed by atoms with Crippen LogP contribution < -0.4 is 0 Å². The zero-order valence-electron chi connectivity index (χ0n) is 17.6. The summed E-state index contributed by atoms with van der Waals surface area (Å²) in [5.41, 5.74) is -0.198. The van der Waals surface area contributed by atoms with E-state index in [1.165, 1.54) is 12.1 Å². The van der Waals surface area contributed by atoms with Gasteiger partial charge in [0.25, 0.3) is 0 Å². The van der Waals surface area contributed by atoms with Crippen molar-refractivity contribution in [3.05, 3.63) is 34.9 Å². The van der Waals surface area contributed by atoms with Crippen molar-refractivity contribution >= 4 is 6.09 Å². The molecule has 158 valence electrons. The molecule has 0 saturated carbocycles. The Morgan fingerprint density at radius 3 is 2.07 bits per heavy atom. The lowest BCUT2D eigenvalue weighted by atomic mass is 9.82. The minimum atomic E-state index is -1.06. The van der Waals surface area contributed by atoms with Gasteiger partial charge in [-0.15, -0.1) is 0 Å². The maximum atomic E-state index is 14.7. The number of hydrogen-bond donors (Lipinski definition) is 0. The van der Waals surface area contributed by atoms with E-state index in [0.29, 0.717) is 18.7 Å². The number of amides is 1. The molecular formula is C21H31F2NO4. The molecule has 1 fully saturated rings. The van der Waals surface area contributed by atoms with E-state index in [1.807, 2.05) is 27.7 Å². The number of halogens is 2. The van der Waals surface area contributed by atoms with Crippen molar-refractivity contribution in [1.82, 2.24) is 4.90 Å². The number of nitrogens with zero attached hydrogens (tertiary/aromatic N) is 1. The highest BCUT2D eigenvalue weighted by molar-refractivity contribution is 5.69. The van der Waals surface area contributed by atoms with Gasteiger partial charge in [-0.3, -0.25) is 0 Å². The van der Waals surface area contributed by atoms with E-state index in [1.54, 1.807) is 18.7 Å². The van der Waals surface area contributed by atoms with Crippen LogP contribution in [0.4, 0.5) is 13.6 Å². The quantitative estimate of drug-likeness (QED) is 0.605. The molecule has 0 radical (unpaired) electrons. The smallest absolute Gasteiger partial charge is 0.410 e. The lowest BCUT2D eigenvalue weighted by Crippen LogP contribution is -2.53. The molecule has 0 aliphatic carbocycles. The zero-order chi connectivity index (χ0) is 21.1. The molecule has 1 amide bonds. The third kappa shape index (κ3) is 5.41. The molecule has 5 nitrogen and oxygen atoms in total. The van der Waals surface area contributed by atoms with Crippen molar-refractivity contribution in [1.29, 1.82) is 0 Å². The highest BCUT2D eigenvalue weighted by Crippen LogP contribution is 2.35. The predicted octanol–water partition coefficient (Wildman–Crippen LogP) is 5.01. The Hall–Kier alpha value is -1.73. The molecule has 1 atom stereocenters. The van der Waals surface area contributed by atoms with Crippen molar-refractivity contribution in [2.24, 2.45) is 5.92 Å². The van der Waals surface area contributed by atoms with Crippen LogP contribution in [-0.4, -0.2) is 42.9 Å². The van der Waals surface area contributed by atoms with E-state index in [0.717, 1.165) is 0 Å². The maximum Gasteiger partial charge on any atom is 0.410 e. The summed E-state index contributed by atoms with van der Waals surface area (Å²) in [7, 11) is 0. The first-order valence-electron chi connectivity index (χ1n) is 9.77. The SMILES string of the molecule is CCOC(OCC)c1c(F)cc(C(C)C2CN(C(=O)OC(C)(C)C)C2)cc1F. The van der Waals surface area contributed by atoms with Crippen molar-refractivity contribution in [2.75, 3.05) is 26.3 Å². The second kappa shape index (κ2) is 9.18. The van der Waals surface area contributed by atoms with Crippen LogP contribution >= 0.6 is 0 Å². The molecule has 1 aromatic rings. The third-order valence-corrected chi connectivity index (χ3v) is 4.77. The number of ether oxygens (including phenoxy) is 3. The van der Waals surface area contributed by atoms with Gasteiger partial charge in [0.1, 0.15) is 17.2 Å².